The fraction of sp³-hybridized carbons (Fsp3) is 0.364. The number of alkyl halides is 3. The summed E-state index contributed by atoms with van der Waals surface area (Å²) in [5, 5.41) is 2.06. The minimum Gasteiger partial charge on any atom is -0.382 e. The number of ether oxygens (including phenoxy) is 1. The first kappa shape index (κ1) is 15.3. The van der Waals surface area contributed by atoms with E-state index < -0.39 is 17.8 Å². The number of methoxy groups -OCH3 is 1. The SMILES string of the molecule is COCCONC(=O)Nc1ccccc1C(F)(F)F. The molecular formula is C11H13F3N2O3. The molecule has 0 aromatic heterocycles. The van der Waals surface area contributed by atoms with Crippen LogP contribution in [-0.2, 0) is 15.8 Å². The van der Waals surface area contributed by atoms with Crippen LogP contribution in [0.5, 0.6) is 0 Å². The summed E-state index contributed by atoms with van der Waals surface area (Å²) in [4.78, 5) is 16.0. The molecule has 2 N–H and O–H groups in total. The maximum atomic E-state index is 12.6. The van der Waals surface area contributed by atoms with Gasteiger partial charge in [-0.25, -0.2) is 10.3 Å². The van der Waals surface area contributed by atoms with E-state index >= 15 is 0 Å². The van der Waals surface area contributed by atoms with Crippen LogP contribution in [0.4, 0.5) is 23.7 Å². The Labute approximate surface area is 107 Å². The molecule has 0 spiro atoms. The van der Waals surface area contributed by atoms with Gasteiger partial charge in [-0.2, -0.15) is 13.2 Å². The molecule has 0 heterocycles. The van der Waals surface area contributed by atoms with Gasteiger partial charge in [0.1, 0.15) is 0 Å². The molecule has 106 valence electrons. The van der Waals surface area contributed by atoms with Gasteiger partial charge in [0, 0.05) is 7.11 Å². The van der Waals surface area contributed by atoms with Crippen molar-refractivity contribution in [1.82, 2.24) is 5.48 Å². The maximum absolute atomic E-state index is 12.6. The minimum absolute atomic E-state index is 0.0881. The number of hydrogen-bond donors (Lipinski definition) is 2. The van der Waals surface area contributed by atoms with Crippen molar-refractivity contribution in [3.8, 4) is 0 Å². The Hall–Kier alpha value is -1.80. The standard InChI is InChI=1S/C11H13F3N2O3/c1-18-6-7-19-16-10(17)15-9-5-3-2-4-8(9)11(12,13)14/h2-5H,6-7H2,1H3,(H2,15,16,17). The van der Waals surface area contributed by atoms with E-state index in [1.807, 2.05) is 5.48 Å². The van der Waals surface area contributed by atoms with Gasteiger partial charge in [-0.3, -0.25) is 4.84 Å². The van der Waals surface area contributed by atoms with Crippen LogP contribution in [0.15, 0.2) is 24.3 Å². The fourth-order valence-corrected chi connectivity index (χ4v) is 1.23. The molecule has 0 bridgehead atoms. The number of para-hydroxylation sites is 1. The number of hydroxylamine groups is 1. The minimum atomic E-state index is -4.54. The monoisotopic (exact) mass is 278 g/mol. The third-order valence-corrected chi connectivity index (χ3v) is 2.04. The largest absolute Gasteiger partial charge is 0.418 e. The third-order valence-electron chi connectivity index (χ3n) is 2.04. The van der Waals surface area contributed by atoms with Gasteiger partial charge in [0.25, 0.3) is 0 Å². The number of carbonyl (C=O) groups excluding carboxylic acids is 1. The summed E-state index contributed by atoms with van der Waals surface area (Å²) >= 11 is 0. The van der Waals surface area contributed by atoms with Crippen molar-refractivity contribution in [1.29, 1.82) is 0 Å². The molecule has 0 unspecified atom stereocenters. The number of hydrogen-bond acceptors (Lipinski definition) is 3. The van der Waals surface area contributed by atoms with Crippen molar-refractivity contribution in [2.24, 2.45) is 0 Å². The van der Waals surface area contributed by atoms with Crippen LogP contribution in [-0.4, -0.2) is 26.4 Å². The van der Waals surface area contributed by atoms with Gasteiger partial charge in [0.05, 0.1) is 24.5 Å². The quantitative estimate of drug-likeness (QED) is 0.642. The average Bonchev–Trinajstić information content (AvgIpc) is 2.34. The van der Waals surface area contributed by atoms with Crippen LogP contribution in [0.3, 0.4) is 0 Å². The van der Waals surface area contributed by atoms with Gasteiger partial charge < -0.3 is 10.1 Å². The van der Waals surface area contributed by atoms with E-state index in [0.29, 0.717) is 0 Å². The van der Waals surface area contributed by atoms with E-state index in [-0.39, 0.29) is 18.9 Å². The number of benzene rings is 1. The molecule has 2 amide bonds. The van der Waals surface area contributed by atoms with Crippen LogP contribution in [0.25, 0.3) is 0 Å². The van der Waals surface area contributed by atoms with E-state index in [2.05, 4.69) is 14.9 Å². The summed E-state index contributed by atoms with van der Waals surface area (Å²) in [5.41, 5.74) is 0.674. The smallest absolute Gasteiger partial charge is 0.382 e. The first-order valence-electron chi connectivity index (χ1n) is 5.29. The lowest BCUT2D eigenvalue weighted by atomic mass is 10.2. The molecule has 0 saturated heterocycles. The second-order valence-corrected chi connectivity index (χ2v) is 3.44. The summed E-state index contributed by atoms with van der Waals surface area (Å²) < 4.78 is 42.6. The highest BCUT2D eigenvalue weighted by Crippen LogP contribution is 2.34. The Morgan fingerprint density at radius 2 is 1.95 bits per heavy atom. The molecular weight excluding hydrogens is 265 g/mol. The molecule has 0 saturated carbocycles. The van der Waals surface area contributed by atoms with E-state index in [1.165, 1.54) is 19.2 Å². The number of carbonyl (C=O) groups is 1. The number of urea groups is 1. The zero-order valence-electron chi connectivity index (χ0n) is 10.1. The number of nitrogens with one attached hydrogen (secondary N) is 2. The van der Waals surface area contributed by atoms with Crippen molar-refractivity contribution >= 4 is 11.7 Å². The molecule has 5 nitrogen and oxygen atoms in total. The highest BCUT2D eigenvalue weighted by molar-refractivity contribution is 5.89. The third kappa shape index (κ3) is 5.14. The van der Waals surface area contributed by atoms with Crippen molar-refractivity contribution < 1.29 is 27.5 Å². The summed E-state index contributed by atoms with van der Waals surface area (Å²) in [5.74, 6) is 0. The molecule has 0 aliphatic heterocycles. The molecule has 0 aliphatic rings. The maximum Gasteiger partial charge on any atom is 0.418 e. The number of halogens is 3. The van der Waals surface area contributed by atoms with Gasteiger partial charge in [0.2, 0.25) is 0 Å². The molecule has 1 aromatic rings. The van der Waals surface area contributed by atoms with Gasteiger partial charge in [-0.15, -0.1) is 0 Å². The van der Waals surface area contributed by atoms with Crippen molar-refractivity contribution in [2.45, 2.75) is 6.18 Å². The molecule has 8 heteroatoms. The lowest BCUT2D eigenvalue weighted by Crippen LogP contribution is -2.30. The molecule has 1 rings (SSSR count). The summed E-state index contributed by atoms with van der Waals surface area (Å²) in [6.45, 7) is 0.338. The predicted octanol–water partition coefficient (Wildman–Crippen LogP) is 2.40. The second-order valence-electron chi connectivity index (χ2n) is 3.44. The highest BCUT2D eigenvalue weighted by atomic mass is 19.4. The Morgan fingerprint density at radius 1 is 1.26 bits per heavy atom. The Morgan fingerprint density at radius 3 is 2.58 bits per heavy atom. The summed E-state index contributed by atoms with van der Waals surface area (Å²) in [6, 6.07) is 3.75. The van der Waals surface area contributed by atoms with Crippen LogP contribution in [0.2, 0.25) is 0 Å². The number of anilines is 1. The van der Waals surface area contributed by atoms with Crippen molar-refractivity contribution in [3.63, 3.8) is 0 Å². The van der Waals surface area contributed by atoms with Gasteiger partial charge in [-0.1, -0.05) is 12.1 Å². The van der Waals surface area contributed by atoms with Crippen molar-refractivity contribution in [3.05, 3.63) is 29.8 Å². The molecule has 0 aliphatic carbocycles. The molecule has 19 heavy (non-hydrogen) atoms. The fourth-order valence-electron chi connectivity index (χ4n) is 1.23. The Balaban J connectivity index is 2.59. The molecule has 0 fully saturated rings. The first-order chi connectivity index (χ1) is 8.95. The van der Waals surface area contributed by atoms with Gasteiger partial charge >= 0.3 is 12.2 Å². The Kier molecular flexibility index (Phi) is 5.58. The zero-order valence-corrected chi connectivity index (χ0v) is 10.1. The van der Waals surface area contributed by atoms with Crippen molar-refractivity contribution in [2.75, 3.05) is 25.6 Å². The van der Waals surface area contributed by atoms with Gasteiger partial charge in [0.15, 0.2) is 0 Å². The molecule has 0 atom stereocenters. The molecule has 1 aromatic carbocycles. The van der Waals surface area contributed by atoms with Crippen LogP contribution in [0, 0.1) is 0 Å². The van der Waals surface area contributed by atoms with Crippen LogP contribution in [0.1, 0.15) is 5.56 Å². The highest BCUT2D eigenvalue weighted by Gasteiger charge is 2.33. The summed E-state index contributed by atoms with van der Waals surface area (Å²) in [7, 11) is 1.45. The first-order valence-corrected chi connectivity index (χ1v) is 5.29. The summed E-state index contributed by atoms with van der Waals surface area (Å²) in [6.07, 6.45) is -4.54. The van der Waals surface area contributed by atoms with E-state index in [1.54, 1.807) is 0 Å². The number of amides is 2. The van der Waals surface area contributed by atoms with Crippen LogP contribution < -0.4 is 10.8 Å². The van der Waals surface area contributed by atoms with Crippen LogP contribution >= 0.6 is 0 Å². The predicted molar refractivity (Wildman–Crippen MR) is 61.4 cm³/mol. The number of rotatable bonds is 5. The zero-order chi connectivity index (χ0) is 14.3. The topological polar surface area (TPSA) is 59.6 Å². The van der Waals surface area contributed by atoms with E-state index in [0.717, 1.165) is 12.1 Å². The lowest BCUT2D eigenvalue weighted by molar-refractivity contribution is -0.136. The van der Waals surface area contributed by atoms with E-state index in [4.69, 9.17) is 0 Å². The average molecular weight is 278 g/mol. The van der Waals surface area contributed by atoms with E-state index in [9.17, 15) is 18.0 Å². The van der Waals surface area contributed by atoms with Gasteiger partial charge in [-0.05, 0) is 12.1 Å². The normalized spacial score (nSPS) is 11.2. The Bertz CT molecular complexity index is 424. The lowest BCUT2D eigenvalue weighted by Gasteiger charge is -2.13. The second kappa shape index (κ2) is 6.95. The molecule has 0 radical (unpaired) electrons.